The summed E-state index contributed by atoms with van der Waals surface area (Å²) in [7, 11) is 0. The van der Waals surface area contributed by atoms with Gasteiger partial charge in [0.2, 0.25) is 0 Å². The van der Waals surface area contributed by atoms with E-state index in [9.17, 15) is 14.3 Å². The van der Waals surface area contributed by atoms with E-state index in [-0.39, 0.29) is 11.7 Å². The molecule has 2 aromatic carbocycles. The Morgan fingerprint density at radius 3 is 2.47 bits per heavy atom. The van der Waals surface area contributed by atoms with E-state index < -0.39 is 5.60 Å². The van der Waals surface area contributed by atoms with E-state index in [1.54, 1.807) is 17.0 Å². The molecule has 0 bridgehead atoms. The van der Waals surface area contributed by atoms with E-state index in [1.165, 1.54) is 17.7 Å². The molecule has 1 amide bonds. The topological polar surface area (TPSA) is 70.4 Å². The molecule has 0 spiro atoms. The molecule has 2 N–H and O–H groups in total. The van der Waals surface area contributed by atoms with Crippen LogP contribution in [0.2, 0.25) is 0 Å². The van der Waals surface area contributed by atoms with Crippen LogP contribution in [-0.4, -0.2) is 37.6 Å². The van der Waals surface area contributed by atoms with Gasteiger partial charge in [-0.15, -0.1) is 0 Å². The van der Waals surface area contributed by atoms with E-state index in [1.807, 2.05) is 31.2 Å². The van der Waals surface area contributed by atoms with Crippen molar-refractivity contribution >= 4 is 17.4 Å². The number of aliphatic hydroxyl groups is 1. The molecule has 154 valence electrons. The second-order valence-corrected chi connectivity index (χ2v) is 8.13. The van der Waals surface area contributed by atoms with E-state index in [0.717, 1.165) is 22.9 Å². The van der Waals surface area contributed by atoms with Crippen LogP contribution < -0.4 is 5.32 Å². The lowest BCUT2D eigenvalue weighted by molar-refractivity contribution is -0.144. The van der Waals surface area contributed by atoms with Crippen molar-refractivity contribution in [2.75, 3.05) is 11.9 Å². The first-order valence-electron chi connectivity index (χ1n) is 10.1. The maximum Gasteiger partial charge on any atom is 0.255 e. The van der Waals surface area contributed by atoms with Crippen molar-refractivity contribution in [3.63, 3.8) is 0 Å². The minimum Gasteiger partial charge on any atom is -0.380 e. The van der Waals surface area contributed by atoms with E-state index in [0.29, 0.717) is 38.2 Å². The smallest absolute Gasteiger partial charge is 0.255 e. The summed E-state index contributed by atoms with van der Waals surface area (Å²) >= 11 is 0. The van der Waals surface area contributed by atoms with Crippen LogP contribution in [-0.2, 0) is 17.9 Å². The van der Waals surface area contributed by atoms with Crippen molar-refractivity contribution in [3.8, 4) is 11.3 Å². The molecule has 0 atom stereocenters. The van der Waals surface area contributed by atoms with Gasteiger partial charge in [0, 0.05) is 24.3 Å². The normalized spacial score (nSPS) is 16.8. The van der Waals surface area contributed by atoms with Crippen LogP contribution in [0.15, 0.2) is 48.5 Å². The fourth-order valence-electron chi connectivity index (χ4n) is 3.84. The minimum absolute atomic E-state index is 0.215. The first-order valence-corrected chi connectivity index (χ1v) is 10.1. The van der Waals surface area contributed by atoms with Crippen molar-refractivity contribution in [2.45, 2.75) is 38.5 Å². The molecule has 0 unspecified atom stereocenters. The minimum atomic E-state index is -1.18. The van der Waals surface area contributed by atoms with Crippen LogP contribution in [0.3, 0.4) is 0 Å². The zero-order valence-electron chi connectivity index (χ0n) is 16.7. The number of amides is 1. The van der Waals surface area contributed by atoms with Crippen LogP contribution in [0.25, 0.3) is 11.3 Å². The molecule has 2 aliphatic rings. The van der Waals surface area contributed by atoms with E-state index >= 15 is 0 Å². The molecule has 5 rings (SSSR count). The first-order chi connectivity index (χ1) is 14.4. The number of hydrogen-bond donors (Lipinski definition) is 2. The summed E-state index contributed by atoms with van der Waals surface area (Å²) in [6, 6.07) is 14.3. The van der Waals surface area contributed by atoms with Gasteiger partial charge in [0.25, 0.3) is 5.91 Å². The highest BCUT2D eigenvalue weighted by Crippen LogP contribution is 2.39. The number of nitrogens with zero attached hydrogens (tertiary/aromatic N) is 3. The van der Waals surface area contributed by atoms with E-state index in [4.69, 9.17) is 4.98 Å². The van der Waals surface area contributed by atoms with Crippen molar-refractivity contribution in [2.24, 2.45) is 0 Å². The number of aromatic nitrogens is 2. The summed E-state index contributed by atoms with van der Waals surface area (Å²) in [5, 5.41) is 13.7. The van der Waals surface area contributed by atoms with Crippen molar-refractivity contribution in [1.29, 1.82) is 0 Å². The fraction of sp³-hybridized carbons (Fsp3) is 0.304. The number of nitrogens with one attached hydrogen (secondary N) is 1. The zero-order valence-corrected chi connectivity index (χ0v) is 16.7. The lowest BCUT2D eigenvalue weighted by Crippen LogP contribution is -2.44. The number of anilines is 2. The van der Waals surface area contributed by atoms with Gasteiger partial charge in [-0.1, -0.05) is 17.7 Å². The molecule has 1 aliphatic heterocycles. The van der Waals surface area contributed by atoms with Gasteiger partial charge < -0.3 is 19.9 Å². The predicted molar refractivity (Wildman–Crippen MR) is 112 cm³/mol. The van der Waals surface area contributed by atoms with Crippen LogP contribution >= 0.6 is 0 Å². The van der Waals surface area contributed by atoms with Gasteiger partial charge in [0.15, 0.2) is 0 Å². The Balaban J connectivity index is 1.52. The number of carbonyl (C=O) groups excluding carboxylic acids is 1. The van der Waals surface area contributed by atoms with Crippen LogP contribution in [0.5, 0.6) is 0 Å². The lowest BCUT2D eigenvalue weighted by atomic mass is 10.1. The molecule has 1 aromatic heterocycles. The number of carbonyl (C=O) groups is 1. The molecule has 7 heteroatoms. The summed E-state index contributed by atoms with van der Waals surface area (Å²) < 4.78 is 15.5. The number of halogens is 1. The molecule has 1 aliphatic carbocycles. The predicted octanol–water partition coefficient (Wildman–Crippen LogP) is 3.61. The molecular formula is C23H23FN4O2. The number of aryl methyl sites for hydroxylation is 1. The largest absolute Gasteiger partial charge is 0.380 e. The average molecular weight is 406 g/mol. The average Bonchev–Trinajstić information content (AvgIpc) is 3.41. The highest BCUT2D eigenvalue weighted by Gasteiger charge is 2.50. The Morgan fingerprint density at radius 1 is 1.10 bits per heavy atom. The van der Waals surface area contributed by atoms with Gasteiger partial charge in [-0.3, -0.25) is 4.79 Å². The number of fused-ring (bicyclic) bond motifs is 1. The van der Waals surface area contributed by atoms with Crippen LogP contribution in [0, 0.1) is 12.7 Å². The number of benzene rings is 2. The highest BCUT2D eigenvalue weighted by molar-refractivity contribution is 5.88. The third kappa shape index (κ3) is 3.35. The first kappa shape index (κ1) is 18.8. The SMILES string of the molecule is Cc1ccc(Nc2c(-c3ccc(F)cc3)nc3n2CCN(C(=O)C2(O)CC2)C3)cc1. The highest BCUT2D eigenvalue weighted by atomic mass is 19.1. The Morgan fingerprint density at radius 2 is 1.80 bits per heavy atom. The molecule has 6 nitrogen and oxygen atoms in total. The second-order valence-electron chi connectivity index (χ2n) is 8.13. The molecule has 3 aromatic rings. The van der Waals surface area contributed by atoms with Crippen molar-refractivity contribution < 1.29 is 14.3 Å². The fourth-order valence-corrected chi connectivity index (χ4v) is 3.84. The maximum absolute atomic E-state index is 13.5. The van der Waals surface area contributed by atoms with Gasteiger partial charge >= 0.3 is 0 Å². The van der Waals surface area contributed by atoms with E-state index in [2.05, 4.69) is 9.88 Å². The second kappa shape index (κ2) is 6.95. The Labute approximate surface area is 174 Å². The monoisotopic (exact) mass is 406 g/mol. The van der Waals surface area contributed by atoms with Crippen LogP contribution in [0.1, 0.15) is 24.2 Å². The molecule has 1 saturated carbocycles. The molecule has 1 fully saturated rings. The summed E-state index contributed by atoms with van der Waals surface area (Å²) in [5.41, 5.74) is 2.42. The molecule has 0 saturated heterocycles. The Hall–Kier alpha value is -3.19. The summed E-state index contributed by atoms with van der Waals surface area (Å²) in [4.78, 5) is 19.1. The quantitative estimate of drug-likeness (QED) is 0.695. The van der Waals surface area contributed by atoms with Crippen molar-refractivity contribution in [3.05, 3.63) is 65.7 Å². The summed E-state index contributed by atoms with van der Waals surface area (Å²) in [6.07, 6.45) is 1.05. The van der Waals surface area contributed by atoms with Gasteiger partial charge in [0.05, 0.1) is 6.54 Å². The number of rotatable bonds is 4. The summed E-state index contributed by atoms with van der Waals surface area (Å²) in [6.45, 7) is 3.45. The zero-order chi connectivity index (χ0) is 20.9. The molecule has 0 radical (unpaired) electrons. The van der Waals surface area contributed by atoms with Gasteiger partial charge in [-0.2, -0.15) is 0 Å². The Bertz CT molecular complexity index is 1100. The number of hydrogen-bond acceptors (Lipinski definition) is 4. The lowest BCUT2D eigenvalue weighted by Gasteiger charge is -2.30. The van der Waals surface area contributed by atoms with Crippen molar-refractivity contribution in [1.82, 2.24) is 14.5 Å². The summed E-state index contributed by atoms with van der Waals surface area (Å²) in [5.74, 6) is 1.05. The maximum atomic E-state index is 13.5. The van der Waals surface area contributed by atoms with Crippen LogP contribution in [0.4, 0.5) is 15.9 Å². The third-order valence-electron chi connectivity index (χ3n) is 5.81. The van der Waals surface area contributed by atoms with Gasteiger partial charge in [-0.25, -0.2) is 9.37 Å². The molecular weight excluding hydrogens is 383 g/mol. The Kier molecular flexibility index (Phi) is 4.36. The van der Waals surface area contributed by atoms with Gasteiger partial charge in [0.1, 0.15) is 28.8 Å². The molecule has 2 heterocycles. The molecule has 30 heavy (non-hydrogen) atoms. The standard InChI is InChI=1S/C23H23FN4O2/c1-15-2-8-18(9-3-15)25-21-20(16-4-6-17(24)7-5-16)26-19-14-27(12-13-28(19)21)22(29)23(30)10-11-23/h2-9,25,30H,10-14H2,1H3. The number of imidazole rings is 1. The van der Waals surface area contributed by atoms with Gasteiger partial charge in [-0.05, 0) is 56.2 Å². The third-order valence-corrected chi connectivity index (χ3v) is 5.81.